The van der Waals surface area contributed by atoms with E-state index in [1.165, 1.54) is 11.1 Å². The second-order valence-corrected chi connectivity index (χ2v) is 5.90. The van der Waals surface area contributed by atoms with Crippen molar-refractivity contribution in [2.45, 2.75) is 20.4 Å². The molecule has 5 nitrogen and oxygen atoms in total. The Morgan fingerprint density at radius 3 is 2.46 bits per heavy atom. The summed E-state index contributed by atoms with van der Waals surface area (Å²) in [6.07, 6.45) is 0. The van der Waals surface area contributed by atoms with Crippen molar-refractivity contribution >= 4 is 28.9 Å². The van der Waals surface area contributed by atoms with Crippen LogP contribution in [0.1, 0.15) is 16.7 Å². The lowest BCUT2D eigenvalue weighted by atomic mass is 10.1. The molecule has 126 valence electrons. The molecule has 0 atom stereocenters. The maximum Gasteiger partial charge on any atom is 0.257 e. The van der Waals surface area contributed by atoms with Gasteiger partial charge in [0.1, 0.15) is 0 Å². The molecule has 6 heteroatoms. The molecule has 0 unspecified atom stereocenters. The highest BCUT2D eigenvalue weighted by atomic mass is 32.1. The second kappa shape index (κ2) is 8.88. The summed E-state index contributed by atoms with van der Waals surface area (Å²) in [5.41, 5.74) is 9.69. The van der Waals surface area contributed by atoms with Gasteiger partial charge in [0.2, 0.25) is 0 Å². The minimum atomic E-state index is -0.197. The molecule has 2 aromatic rings. The number of nitrogens with one attached hydrogen (secondary N) is 4. The molecular weight excluding hydrogens is 320 g/mol. The van der Waals surface area contributed by atoms with E-state index >= 15 is 0 Å². The van der Waals surface area contributed by atoms with E-state index in [1.807, 2.05) is 55.5 Å². The molecule has 0 aliphatic heterocycles. The van der Waals surface area contributed by atoms with Crippen molar-refractivity contribution < 1.29 is 4.79 Å². The normalized spacial score (nSPS) is 9.92. The molecule has 0 radical (unpaired) electrons. The number of hydrogen-bond acceptors (Lipinski definition) is 3. The van der Waals surface area contributed by atoms with E-state index in [4.69, 9.17) is 12.2 Å². The number of anilines is 1. The van der Waals surface area contributed by atoms with E-state index in [0.717, 1.165) is 11.3 Å². The first-order valence-electron chi connectivity index (χ1n) is 7.72. The van der Waals surface area contributed by atoms with Crippen LogP contribution in [-0.4, -0.2) is 17.6 Å². The maximum absolute atomic E-state index is 11.8. The monoisotopic (exact) mass is 342 g/mol. The van der Waals surface area contributed by atoms with Crippen molar-refractivity contribution in [3.8, 4) is 0 Å². The quantitative estimate of drug-likeness (QED) is 0.496. The van der Waals surface area contributed by atoms with Crippen LogP contribution in [0.3, 0.4) is 0 Å². The van der Waals surface area contributed by atoms with Gasteiger partial charge in [-0.15, -0.1) is 0 Å². The van der Waals surface area contributed by atoms with Gasteiger partial charge in [0.15, 0.2) is 5.11 Å². The third kappa shape index (κ3) is 5.89. The predicted molar refractivity (Wildman–Crippen MR) is 102 cm³/mol. The first-order valence-corrected chi connectivity index (χ1v) is 8.13. The van der Waals surface area contributed by atoms with Gasteiger partial charge in [0, 0.05) is 12.2 Å². The summed E-state index contributed by atoms with van der Waals surface area (Å²) < 4.78 is 0. The molecule has 2 rings (SSSR count). The van der Waals surface area contributed by atoms with Gasteiger partial charge in [-0.1, -0.05) is 36.4 Å². The number of amides is 1. The highest BCUT2D eigenvalue weighted by Gasteiger charge is 2.03. The smallest absolute Gasteiger partial charge is 0.257 e. The van der Waals surface area contributed by atoms with Gasteiger partial charge in [-0.3, -0.25) is 15.6 Å². The summed E-state index contributed by atoms with van der Waals surface area (Å²) in [6, 6.07) is 15.9. The molecule has 0 saturated heterocycles. The highest BCUT2D eigenvalue weighted by Crippen LogP contribution is 2.13. The largest absolute Gasteiger partial charge is 0.376 e. The Labute approximate surface area is 147 Å². The lowest BCUT2D eigenvalue weighted by Gasteiger charge is -2.13. The molecule has 2 aromatic carbocycles. The minimum absolute atomic E-state index is 0.163. The van der Waals surface area contributed by atoms with E-state index < -0.39 is 0 Å². The van der Waals surface area contributed by atoms with Crippen molar-refractivity contribution in [2.24, 2.45) is 0 Å². The van der Waals surface area contributed by atoms with Crippen LogP contribution in [0.15, 0.2) is 48.5 Å². The summed E-state index contributed by atoms with van der Waals surface area (Å²) in [7, 11) is 0. The fourth-order valence-corrected chi connectivity index (χ4v) is 2.15. The zero-order valence-electron chi connectivity index (χ0n) is 13.8. The van der Waals surface area contributed by atoms with Crippen LogP contribution >= 0.6 is 12.2 Å². The van der Waals surface area contributed by atoms with Crippen LogP contribution in [0, 0.1) is 13.8 Å². The van der Waals surface area contributed by atoms with Crippen LogP contribution in [-0.2, 0) is 11.3 Å². The molecule has 0 aliphatic rings. The number of rotatable bonds is 5. The Kier molecular flexibility index (Phi) is 6.57. The maximum atomic E-state index is 11.8. The third-order valence-electron chi connectivity index (χ3n) is 3.57. The van der Waals surface area contributed by atoms with Crippen molar-refractivity contribution in [3.63, 3.8) is 0 Å². The predicted octanol–water partition coefficient (Wildman–Crippen LogP) is 2.41. The van der Waals surface area contributed by atoms with Crippen molar-refractivity contribution in [1.82, 2.24) is 16.2 Å². The van der Waals surface area contributed by atoms with Crippen molar-refractivity contribution in [2.75, 3.05) is 11.9 Å². The fourth-order valence-electron chi connectivity index (χ4n) is 2.03. The average Bonchev–Trinajstić information content (AvgIpc) is 2.60. The Balaban J connectivity index is 1.67. The first-order chi connectivity index (χ1) is 11.5. The van der Waals surface area contributed by atoms with E-state index in [-0.39, 0.29) is 12.5 Å². The first kappa shape index (κ1) is 17.7. The lowest BCUT2D eigenvalue weighted by Crippen LogP contribution is -2.48. The molecule has 4 N–H and O–H groups in total. The van der Waals surface area contributed by atoms with Crippen molar-refractivity contribution in [3.05, 3.63) is 65.2 Å². The van der Waals surface area contributed by atoms with Gasteiger partial charge in [0.05, 0.1) is 6.54 Å². The molecule has 0 saturated carbocycles. The van der Waals surface area contributed by atoms with Crippen molar-refractivity contribution in [1.29, 1.82) is 0 Å². The third-order valence-corrected chi connectivity index (χ3v) is 3.82. The Bertz CT molecular complexity index is 703. The van der Waals surface area contributed by atoms with Crippen LogP contribution in [0.2, 0.25) is 0 Å². The van der Waals surface area contributed by atoms with Crippen LogP contribution in [0.5, 0.6) is 0 Å². The van der Waals surface area contributed by atoms with E-state index in [0.29, 0.717) is 11.7 Å². The Morgan fingerprint density at radius 1 is 1.00 bits per heavy atom. The number of hydrazine groups is 1. The molecule has 0 aliphatic carbocycles. The van der Waals surface area contributed by atoms with E-state index in [1.54, 1.807) is 0 Å². The Morgan fingerprint density at radius 2 is 1.75 bits per heavy atom. The van der Waals surface area contributed by atoms with Gasteiger partial charge in [-0.2, -0.15) is 0 Å². The number of benzene rings is 2. The topological polar surface area (TPSA) is 65.2 Å². The Hall–Kier alpha value is -2.60. The highest BCUT2D eigenvalue weighted by molar-refractivity contribution is 7.80. The standard InChI is InChI=1S/C18H22N4OS/c1-13-8-9-16(10-14(13)2)19-12-17(23)21-22-18(24)20-11-15-6-4-3-5-7-15/h3-10,19H,11-12H2,1-2H3,(H,21,23)(H2,20,22,24). The average molecular weight is 342 g/mol. The minimum Gasteiger partial charge on any atom is -0.376 e. The van der Waals surface area contributed by atoms with Gasteiger partial charge in [-0.05, 0) is 54.9 Å². The molecule has 0 spiro atoms. The van der Waals surface area contributed by atoms with Crippen LogP contribution in [0.4, 0.5) is 5.69 Å². The SMILES string of the molecule is Cc1ccc(NCC(=O)NNC(=S)NCc2ccccc2)cc1C. The summed E-state index contributed by atoms with van der Waals surface area (Å²) >= 11 is 5.12. The van der Waals surface area contributed by atoms with Gasteiger partial charge < -0.3 is 10.6 Å². The zero-order valence-corrected chi connectivity index (χ0v) is 14.7. The molecule has 1 amide bonds. The van der Waals surface area contributed by atoms with Gasteiger partial charge in [0.25, 0.3) is 5.91 Å². The fraction of sp³-hybridized carbons (Fsp3) is 0.222. The number of thiocarbonyl (C=S) groups is 1. The second-order valence-electron chi connectivity index (χ2n) is 5.49. The zero-order chi connectivity index (χ0) is 17.4. The van der Waals surface area contributed by atoms with Crippen LogP contribution in [0.25, 0.3) is 0 Å². The molecule has 0 aromatic heterocycles. The number of aryl methyl sites for hydroxylation is 2. The van der Waals surface area contributed by atoms with E-state index in [9.17, 15) is 4.79 Å². The van der Waals surface area contributed by atoms with E-state index in [2.05, 4.69) is 28.4 Å². The number of carbonyl (C=O) groups is 1. The molecule has 24 heavy (non-hydrogen) atoms. The molecule has 0 heterocycles. The van der Waals surface area contributed by atoms with Gasteiger partial charge in [-0.25, -0.2) is 0 Å². The summed E-state index contributed by atoms with van der Waals surface area (Å²) in [6.45, 7) is 4.86. The number of hydrogen-bond donors (Lipinski definition) is 4. The molecule has 0 fully saturated rings. The summed E-state index contributed by atoms with van der Waals surface area (Å²) in [4.78, 5) is 11.8. The van der Waals surface area contributed by atoms with Gasteiger partial charge >= 0.3 is 0 Å². The summed E-state index contributed by atoms with van der Waals surface area (Å²) in [5, 5.41) is 6.48. The lowest BCUT2D eigenvalue weighted by molar-refractivity contribution is -0.119. The van der Waals surface area contributed by atoms with Crippen LogP contribution < -0.4 is 21.5 Å². The number of carbonyl (C=O) groups excluding carboxylic acids is 1. The molecule has 0 bridgehead atoms. The molecular formula is C18H22N4OS. The summed E-state index contributed by atoms with van der Waals surface area (Å²) in [5.74, 6) is -0.197.